The van der Waals surface area contributed by atoms with E-state index in [0.717, 1.165) is 24.4 Å². The van der Waals surface area contributed by atoms with Crippen molar-refractivity contribution in [1.82, 2.24) is 22.9 Å². The third kappa shape index (κ3) is 2.87. The van der Waals surface area contributed by atoms with Crippen LogP contribution < -0.4 is 0 Å². The first kappa shape index (κ1) is 15.4. The normalized spacial score (nSPS) is 18.3. The second-order valence-electron chi connectivity index (χ2n) is 5.64. The number of aromatic nitrogens is 2. The minimum Gasteiger partial charge on any atom is -0.304 e. The lowest BCUT2D eigenvalue weighted by atomic mass is 10.4. The molecule has 0 N–H and O–H groups in total. The van der Waals surface area contributed by atoms with Crippen LogP contribution in [0.1, 0.15) is 5.69 Å². The Morgan fingerprint density at radius 2 is 1.95 bits per heavy atom. The molecule has 7 nitrogen and oxygen atoms in total. The van der Waals surface area contributed by atoms with Gasteiger partial charge >= 0.3 is 0 Å². The fraction of sp³-hybridized carbons (Fsp3) is 0.500. The van der Waals surface area contributed by atoms with Crippen molar-refractivity contribution >= 4 is 15.9 Å². The first-order valence-electron chi connectivity index (χ1n) is 7.29. The lowest BCUT2D eigenvalue weighted by Crippen LogP contribution is -2.51. The Kier molecular flexibility index (Phi) is 4.18. The highest BCUT2D eigenvalue weighted by atomic mass is 32.2. The van der Waals surface area contributed by atoms with Gasteiger partial charge in [0.05, 0.1) is 18.4 Å². The summed E-state index contributed by atoms with van der Waals surface area (Å²) in [6, 6.07) is 5.72. The van der Waals surface area contributed by atoms with E-state index < -0.39 is 10.2 Å². The van der Waals surface area contributed by atoms with E-state index in [-0.39, 0.29) is 0 Å². The van der Waals surface area contributed by atoms with E-state index in [1.807, 2.05) is 35.8 Å². The monoisotopic (exact) mass is 323 g/mol. The van der Waals surface area contributed by atoms with E-state index in [0.29, 0.717) is 19.6 Å². The molecule has 2 aromatic heterocycles. The van der Waals surface area contributed by atoms with Crippen molar-refractivity contribution in [2.45, 2.75) is 6.54 Å². The zero-order valence-electron chi connectivity index (χ0n) is 12.9. The number of imidazole rings is 1. The van der Waals surface area contributed by atoms with Gasteiger partial charge in [-0.25, -0.2) is 4.98 Å². The molecule has 0 saturated carbocycles. The van der Waals surface area contributed by atoms with Crippen molar-refractivity contribution in [3.63, 3.8) is 0 Å². The van der Waals surface area contributed by atoms with Crippen molar-refractivity contribution in [3.05, 3.63) is 36.3 Å². The highest BCUT2D eigenvalue weighted by Crippen LogP contribution is 2.14. The lowest BCUT2D eigenvalue weighted by molar-refractivity contribution is 0.213. The quantitative estimate of drug-likeness (QED) is 0.810. The van der Waals surface area contributed by atoms with Gasteiger partial charge in [0.2, 0.25) is 0 Å². The molecule has 1 fully saturated rings. The maximum absolute atomic E-state index is 12.7. The van der Waals surface area contributed by atoms with Gasteiger partial charge in [-0.2, -0.15) is 17.0 Å². The summed E-state index contributed by atoms with van der Waals surface area (Å²) in [5, 5.41) is 0. The summed E-state index contributed by atoms with van der Waals surface area (Å²) in [7, 11) is 0.196. The maximum Gasteiger partial charge on any atom is 0.282 e. The smallest absolute Gasteiger partial charge is 0.282 e. The minimum atomic E-state index is -3.43. The highest BCUT2D eigenvalue weighted by molar-refractivity contribution is 7.86. The average molecular weight is 323 g/mol. The number of piperazine rings is 1. The highest BCUT2D eigenvalue weighted by Gasteiger charge is 2.29. The van der Waals surface area contributed by atoms with Crippen LogP contribution in [0.15, 0.2) is 30.6 Å². The van der Waals surface area contributed by atoms with Gasteiger partial charge in [0, 0.05) is 39.4 Å². The number of pyridine rings is 1. The summed E-state index contributed by atoms with van der Waals surface area (Å²) in [6.07, 6.45) is 3.62. The van der Waals surface area contributed by atoms with Crippen molar-refractivity contribution in [3.8, 4) is 0 Å². The Labute approximate surface area is 130 Å². The second kappa shape index (κ2) is 5.96. The number of nitrogens with zero attached hydrogens (tertiary/aromatic N) is 5. The molecule has 0 atom stereocenters. The van der Waals surface area contributed by atoms with Gasteiger partial charge in [0.25, 0.3) is 10.2 Å². The first-order chi connectivity index (χ1) is 10.5. The van der Waals surface area contributed by atoms with E-state index >= 15 is 0 Å². The number of fused-ring (bicyclic) bond motifs is 1. The van der Waals surface area contributed by atoms with Gasteiger partial charge in [-0.15, -0.1) is 0 Å². The van der Waals surface area contributed by atoms with Gasteiger partial charge in [-0.1, -0.05) is 6.07 Å². The fourth-order valence-electron chi connectivity index (χ4n) is 2.63. The Bertz CT molecular complexity index is 749. The third-order valence-corrected chi connectivity index (χ3v) is 6.00. The molecule has 120 valence electrons. The SMILES string of the molecule is CN1CCN(S(=O)(=O)N(C)Cc2cnc3ccccn23)CC1. The standard InChI is InChI=1S/C14H21N5O2S/c1-16-7-9-18(10-8-16)22(20,21)17(2)12-13-11-15-14-5-3-4-6-19(13)14/h3-6,11H,7-10,12H2,1-2H3. The number of hydrogen-bond acceptors (Lipinski definition) is 4. The molecule has 3 heterocycles. The van der Waals surface area contributed by atoms with Crippen molar-refractivity contribution in [1.29, 1.82) is 0 Å². The van der Waals surface area contributed by atoms with Crippen molar-refractivity contribution < 1.29 is 8.42 Å². The largest absolute Gasteiger partial charge is 0.304 e. The molecule has 3 rings (SSSR count). The summed E-state index contributed by atoms with van der Waals surface area (Å²) >= 11 is 0. The minimum absolute atomic E-state index is 0.305. The topological polar surface area (TPSA) is 61.2 Å². The molecule has 1 aliphatic heterocycles. The molecular weight excluding hydrogens is 302 g/mol. The summed E-state index contributed by atoms with van der Waals surface area (Å²) in [6.45, 7) is 2.91. The second-order valence-corrected chi connectivity index (χ2v) is 7.68. The summed E-state index contributed by atoms with van der Waals surface area (Å²) in [4.78, 5) is 6.43. The summed E-state index contributed by atoms with van der Waals surface area (Å²) in [5.74, 6) is 0. The van der Waals surface area contributed by atoms with Crippen LogP contribution in [-0.4, -0.2) is 71.6 Å². The van der Waals surface area contributed by atoms with Crippen LogP contribution in [0.4, 0.5) is 0 Å². The van der Waals surface area contributed by atoms with E-state index in [1.54, 1.807) is 17.5 Å². The Morgan fingerprint density at radius 3 is 2.68 bits per heavy atom. The molecule has 1 saturated heterocycles. The molecule has 2 aromatic rings. The number of likely N-dealkylation sites (N-methyl/N-ethyl adjacent to an activating group) is 1. The third-order valence-electron chi connectivity index (χ3n) is 4.06. The van der Waals surface area contributed by atoms with Gasteiger partial charge in [0.15, 0.2) is 0 Å². The van der Waals surface area contributed by atoms with Crippen LogP contribution in [-0.2, 0) is 16.8 Å². The molecule has 0 spiro atoms. The van der Waals surface area contributed by atoms with Crippen molar-refractivity contribution in [2.24, 2.45) is 0 Å². The van der Waals surface area contributed by atoms with Gasteiger partial charge in [-0.05, 0) is 19.2 Å². The van der Waals surface area contributed by atoms with E-state index in [4.69, 9.17) is 0 Å². The zero-order valence-corrected chi connectivity index (χ0v) is 13.7. The Hall–Kier alpha value is -1.48. The molecule has 0 bridgehead atoms. The Morgan fingerprint density at radius 1 is 1.23 bits per heavy atom. The van der Waals surface area contributed by atoms with Crippen LogP contribution >= 0.6 is 0 Å². The fourth-order valence-corrected chi connectivity index (χ4v) is 3.94. The molecule has 0 aromatic carbocycles. The Balaban J connectivity index is 1.77. The van der Waals surface area contributed by atoms with Gasteiger partial charge < -0.3 is 9.30 Å². The van der Waals surface area contributed by atoms with E-state index in [9.17, 15) is 8.42 Å². The molecule has 0 amide bonds. The van der Waals surface area contributed by atoms with Gasteiger partial charge in [0.1, 0.15) is 5.65 Å². The molecule has 1 aliphatic rings. The molecule has 8 heteroatoms. The number of rotatable bonds is 4. The zero-order chi connectivity index (χ0) is 15.7. The van der Waals surface area contributed by atoms with E-state index in [1.165, 1.54) is 4.31 Å². The molecular formula is C14H21N5O2S. The predicted octanol–water partition coefficient (Wildman–Crippen LogP) is 0.258. The van der Waals surface area contributed by atoms with Crippen LogP contribution in [0.5, 0.6) is 0 Å². The van der Waals surface area contributed by atoms with Crippen LogP contribution in [0.25, 0.3) is 5.65 Å². The predicted molar refractivity (Wildman–Crippen MR) is 84.6 cm³/mol. The first-order valence-corrected chi connectivity index (χ1v) is 8.69. The van der Waals surface area contributed by atoms with Crippen LogP contribution in [0.2, 0.25) is 0 Å². The average Bonchev–Trinajstić information content (AvgIpc) is 2.91. The number of hydrogen-bond donors (Lipinski definition) is 0. The van der Waals surface area contributed by atoms with Crippen molar-refractivity contribution in [2.75, 3.05) is 40.3 Å². The van der Waals surface area contributed by atoms with Crippen LogP contribution in [0.3, 0.4) is 0 Å². The molecule has 0 aliphatic carbocycles. The molecule has 22 heavy (non-hydrogen) atoms. The lowest BCUT2D eigenvalue weighted by Gasteiger charge is -2.34. The maximum atomic E-state index is 12.7. The summed E-state index contributed by atoms with van der Waals surface area (Å²) < 4.78 is 30.2. The molecule has 0 radical (unpaired) electrons. The van der Waals surface area contributed by atoms with Gasteiger partial charge in [-0.3, -0.25) is 0 Å². The van der Waals surface area contributed by atoms with E-state index in [2.05, 4.69) is 9.88 Å². The van der Waals surface area contributed by atoms with Crippen LogP contribution in [0, 0.1) is 0 Å². The molecule has 0 unspecified atom stereocenters. The summed E-state index contributed by atoms with van der Waals surface area (Å²) in [5.41, 5.74) is 1.68.